The predicted molar refractivity (Wildman–Crippen MR) is 102 cm³/mol. The molecule has 0 radical (unpaired) electrons. The molecule has 0 bridgehead atoms. The molecule has 0 aliphatic rings. The Kier molecular flexibility index (Phi) is 6.38. The lowest BCUT2D eigenvalue weighted by atomic mass is 9.90. The molecule has 0 N–H and O–H groups in total. The van der Waals surface area contributed by atoms with Gasteiger partial charge in [-0.25, -0.2) is 0 Å². The molecule has 0 heterocycles. The number of hydrogen-bond acceptors (Lipinski definition) is 0. The van der Waals surface area contributed by atoms with Crippen LogP contribution in [0.3, 0.4) is 0 Å². The summed E-state index contributed by atoms with van der Waals surface area (Å²) in [5.74, 6) is 0. The van der Waals surface area contributed by atoms with E-state index in [0.717, 1.165) is 0 Å². The van der Waals surface area contributed by atoms with Crippen LogP contribution in [0.2, 0.25) is 0 Å². The van der Waals surface area contributed by atoms with Crippen LogP contribution in [0.4, 0.5) is 0 Å². The largest absolute Gasteiger partial charge is 0.0683 e. The van der Waals surface area contributed by atoms with E-state index in [0.29, 0.717) is 0 Å². The Morgan fingerprint density at radius 3 is 1.13 bits per heavy atom. The molecule has 0 unspecified atom stereocenters. The van der Waals surface area contributed by atoms with Crippen LogP contribution < -0.4 is 0 Å². The minimum Gasteiger partial charge on any atom is -0.0683 e. The van der Waals surface area contributed by atoms with Crippen LogP contribution in [0.15, 0.2) is 91.0 Å². The third kappa shape index (κ3) is 4.20. The third-order valence-corrected chi connectivity index (χ3v) is 3.71. The number of rotatable bonds is 3. The van der Waals surface area contributed by atoms with E-state index in [1.807, 2.05) is 13.8 Å². The highest BCUT2D eigenvalue weighted by atomic mass is 14.1. The van der Waals surface area contributed by atoms with Crippen LogP contribution in [0.1, 0.15) is 37.5 Å². The van der Waals surface area contributed by atoms with Gasteiger partial charge in [0.25, 0.3) is 0 Å². The van der Waals surface area contributed by atoms with Crippen molar-refractivity contribution in [3.8, 4) is 0 Å². The molecule has 0 saturated carbocycles. The Labute approximate surface area is 140 Å². The van der Waals surface area contributed by atoms with Gasteiger partial charge in [-0.2, -0.15) is 0 Å². The molecule has 0 heteroatoms. The van der Waals surface area contributed by atoms with Gasteiger partial charge in [-0.05, 0) is 34.8 Å². The minimum atomic E-state index is 1.25. The first-order valence-corrected chi connectivity index (χ1v) is 8.23. The molecular weight excluding hydrogens is 276 g/mol. The summed E-state index contributed by atoms with van der Waals surface area (Å²) in [6, 6.07) is 31.8. The molecule has 3 aromatic carbocycles. The lowest BCUT2D eigenvalue weighted by molar-refractivity contribution is 1.50. The maximum Gasteiger partial charge on any atom is -0.00762 e. The molecular formula is C23H24. The van der Waals surface area contributed by atoms with Crippen LogP contribution in [0.5, 0.6) is 0 Å². The Morgan fingerprint density at radius 1 is 0.478 bits per heavy atom. The zero-order valence-electron chi connectivity index (χ0n) is 14.2. The SMILES string of the molecule is CC.CC(=C(c1ccccc1)c1ccccc1)c1ccccc1. The first-order valence-electron chi connectivity index (χ1n) is 8.23. The Morgan fingerprint density at radius 2 is 0.783 bits per heavy atom. The fourth-order valence-electron chi connectivity index (χ4n) is 2.64. The highest BCUT2D eigenvalue weighted by Crippen LogP contribution is 2.31. The summed E-state index contributed by atoms with van der Waals surface area (Å²) in [6.07, 6.45) is 0. The Balaban J connectivity index is 0.000000924. The zero-order valence-corrected chi connectivity index (χ0v) is 14.2. The molecule has 0 spiro atoms. The summed E-state index contributed by atoms with van der Waals surface area (Å²) >= 11 is 0. The summed E-state index contributed by atoms with van der Waals surface area (Å²) in [5, 5.41) is 0. The van der Waals surface area contributed by atoms with E-state index in [2.05, 4.69) is 97.9 Å². The van der Waals surface area contributed by atoms with Crippen molar-refractivity contribution in [1.29, 1.82) is 0 Å². The number of allylic oxidation sites excluding steroid dienone is 1. The minimum absolute atomic E-state index is 1.25. The zero-order chi connectivity index (χ0) is 16.5. The Hall–Kier alpha value is -2.60. The smallest absolute Gasteiger partial charge is 0.00762 e. The first kappa shape index (κ1) is 16.8. The maximum absolute atomic E-state index is 2.20. The average Bonchev–Trinajstić information content (AvgIpc) is 2.66. The highest BCUT2D eigenvalue weighted by Gasteiger charge is 2.09. The summed E-state index contributed by atoms with van der Waals surface area (Å²) in [7, 11) is 0. The van der Waals surface area contributed by atoms with Gasteiger partial charge in [0.1, 0.15) is 0 Å². The van der Waals surface area contributed by atoms with E-state index in [1.54, 1.807) is 0 Å². The Bertz CT molecular complexity index is 681. The summed E-state index contributed by atoms with van der Waals surface area (Å²) in [6.45, 7) is 6.20. The first-order chi connectivity index (χ1) is 11.4. The molecule has 0 amide bonds. The van der Waals surface area contributed by atoms with E-state index >= 15 is 0 Å². The molecule has 0 aliphatic carbocycles. The topological polar surface area (TPSA) is 0 Å². The highest BCUT2D eigenvalue weighted by molar-refractivity contribution is 5.97. The third-order valence-electron chi connectivity index (χ3n) is 3.71. The van der Waals surface area contributed by atoms with Gasteiger partial charge in [0.2, 0.25) is 0 Å². The number of benzene rings is 3. The van der Waals surface area contributed by atoms with E-state index < -0.39 is 0 Å². The maximum atomic E-state index is 2.20. The van der Waals surface area contributed by atoms with Crippen molar-refractivity contribution >= 4 is 11.1 Å². The second-order valence-corrected chi connectivity index (χ2v) is 5.10. The predicted octanol–water partition coefficient (Wildman–Crippen LogP) is 6.69. The van der Waals surface area contributed by atoms with Gasteiger partial charge in [0, 0.05) is 0 Å². The number of hydrogen-bond donors (Lipinski definition) is 0. The average molecular weight is 300 g/mol. The molecule has 3 rings (SSSR count). The summed E-state index contributed by atoms with van der Waals surface area (Å²) < 4.78 is 0. The molecule has 116 valence electrons. The monoisotopic (exact) mass is 300 g/mol. The molecule has 23 heavy (non-hydrogen) atoms. The molecule has 0 saturated heterocycles. The van der Waals surface area contributed by atoms with E-state index in [1.165, 1.54) is 27.8 Å². The van der Waals surface area contributed by atoms with E-state index in [-0.39, 0.29) is 0 Å². The summed E-state index contributed by atoms with van der Waals surface area (Å²) in [5.41, 5.74) is 6.37. The van der Waals surface area contributed by atoms with Crippen LogP contribution >= 0.6 is 0 Å². The van der Waals surface area contributed by atoms with Crippen molar-refractivity contribution in [2.24, 2.45) is 0 Å². The molecule has 0 aromatic heterocycles. The normalized spacial score (nSPS) is 9.52. The fourth-order valence-corrected chi connectivity index (χ4v) is 2.64. The van der Waals surface area contributed by atoms with Crippen LogP contribution in [-0.2, 0) is 0 Å². The van der Waals surface area contributed by atoms with Gasteiger partial charge in [-0.3, -0.25) is 0 Å². The van der Waals surface area contributed by atoms with Gasteiger partial charge in [0.15, 0.2) is 0 Å². The van der Waals surface area contributed by atoms with Gasteiger partial charge < -0.3 is 0 Å². The van der Waals surface area contributed by atoms with E-state index in [9.17, 15) is 0 Å². The lowest BCUT2D eigenvalue weighted by Gasteiger charge is -2.14. The van der Waals surface area contributed by atoms with E-state index in [4.69, 9.17) is 0 Å². The molecule has 3 aromatic rings. The summed E-state index contributed by atoms with van der Waals surface area (Å²) in [4.78, 5) is 0. The van der Waals surface area contributed by atoms with Crippen molar-refractivity contribution in [1.82, 2.24) is 0 Å². The van der Waals surface area contributed by atoms with Crippen LogP contribution in [0.25, 0.3) is 11.1 Å². The molecule has 0 fully saturated rings. The molecule has 0 atom stereocenters. The van der Waals surface area contributed by atoms with Crippen molar-refractivity contribution < 1.29 is 0 Å². The van der Waals surface area contributed by atoms with Crippen molar-refractivity contribution in [3.05, 3.63) is 108 Å². The molecule has 0 aliphatic heterocycles. The van der Waals surface area contributed by atoms with Crippen LogP contribution in [0, 0.1) is 0 Å². The van der Waals surface area contributed by atoms with Gasteiger partial charge >= 0.3 is 0 Å². The quantitative estimate of drug-likeness (QED) is 0.472. The van der Waals surface area contributed by atoms with Gasteiger partial charge in [-0.15, -0.1) is 0 Å². The van der Waals surface area contributed by atoms with Gasteiger partial charge in [0.05, 0.1) is 0 Å². The fraction of sp³-hybridized carbons (Fsp3) is 0.130. The van der Waals surface area contributed by atoms with Crippen LogP contribution in [-0.4, -0.2) is 0 Å². The second kappa shape index (κ2) is 8.75. The standard InChI is InChI=1S/C21H18.C2H6/c1-17(18-11-5-2-6-12-18)21(19-13-7-3-8-14-19)20-15-9-4-10-16-20;1-2/h2-16H,1H3;1-2H3. The van der Waals surface area contributed by atoms with Crippen molar-refractivity contribution in [2.75, 3.05) is 0 Å². The second-order valence-electron chi connectivity index (χ2n) is 5.10. The lowest BCUT2D eigenvalue weighted by Crippen LogP contribution is -1.92. The van der Waals surface area contributed by atoms with Crippen molar-refractivity contribution in [2.45, 2.75) is 20.8 Å². The van der Waals surface area contributed by atoms with Crippen molar-refractivity contribution in [3.63, 3.8) is 0 Å². The van der Waals surface area contributed by atoms with Gasteiger partial charge in [-0.1, -0.05) is 105 Å². The molecule has 0 nitrogen and oxygen atoms in total.